The molecule has 4 nitrogen and oxygen atoms in total. The fourth-order valence-corrected chi connectivity index (χ4v) is 1.85. The first-order chi connectivity index (χ1) is 10.5. The van der Waals surface area contributed by atoms with Crippen LogP contribution in [0, 0.1) is 11.6 Å². The molecule has 22 heavy (non-hydrogen) atoms. The maximum atomic E-state index is 13.4. The molecule has 116 valence electrons. The van der Waals surface area contributed by atoms with Crippen molar-refractivity contribution in [1.82, 2.24) is 5.32 Å². The number of aliphatic hydroxyl groups excluding tert-OH is 1. The molecule has 0 bridgehead atoms. The highest BCUT2D eigenvalue weighted by Crippen LogP contribution is 2.15. The maximum absolute atomic E-state index is 13.4. The van der Waals surface area contributed by atoms with Crippen LogP contribution in [0.5, 0.6) is 0 Å². The Hall–Kier alpha value is -2.47. The molecule has 0 unspecified atom stereocenters. The highest BCUT2D eigenvalue weighted by molar-refractivity contribution is 5.89. The molecule has 0 heterocycles. The molecule has 2 amide bonds. The van der Waals surface area contributed by atoms with Crippen LogP contribution in [0.1, 0.15) is 24.2 Å². The van der Waals surface area contributed by atoms with Gasteiger partial charge in [0.25, 0.3) is 0 Å². The normalized spacial score (nSPS) is 11.8. The van der Waals surface area contributed by atoms with E-state index in [1.54, 1.807) is 31.2 Å². The number of anilines is 1. The van der Waals surface area contributed by atoms with Crippen molar-refractivity contribution in [3.8, 4) is 0 Å². The Morgan fingerprint density at radius 1 is 1.18 bits per heavy atom. The summed E-state index contributed by atoms with van der Waals surface area (Å²) in [5.41, 5.74) is 1.52. The van der Waals surface area contributed by atoms with E-state index >= 15 is 0 Å². The van der Waals surface area contributed by atoms with Crippen molar-refractivity contribution >= 4 is 11.7 Å². The van der Waals surface area contributed by atoms with Gasteiger partial charge in [-0.3, -0.25) is 0 Å². The lowest BCUT2D eigenvalue weighted by Gasteiger charge is -2.09. The van der Waals surface area contributed by atoms with Crippen LogP contribution in [-0.4, -0.2) is 11.1 Å². The summed E-state index contributed by atoms with van der Waals surface area (Å²) in [4.78, 5) is 11.7. The van der Waals surface area contributed by atoms with Gasteiger partial charge in [-0.25, -0.2) is 13.6 Å². The molecule has 0 aliphatic heterocycles. The second-order valence-electron chi connectivity index (χ2n) is 4.85. The van der Waals surface area contributed by atoms with Crippen molar-refractivity contribution < 1.29 is 18.7 Å². The lowest BCUT2D eigenvalue weighted by Crippen LogP contribution is -2.28. The van der Waals surface area contributed by atoms with Crippen LogP contribution < -0.4 is 10.6 Å². The lowest BCUT2D eigenvalue weighted by atomic mass is 10.1. The van der Waals surface area contributed by atoms with E-state index in [4.69, 9.17) is 0 Å². The monoisotopic (exact) mass is 306 g/mol. The number of carbonyl (C=O) groups excluding carboxylic acids is 1. The van der Waals surface area contributed by atoms with Gasteiger partial charge in [0.1, 0.15) is 11.6 Å². The topological polar surface area (TPSA) is 61.4 Å². The van der Waals surface area contributed by atoms with E-state index in [0.29, 0.717) is 6.07 Å². The number of hydrogen-bond acceptors (Lipinski definition) is 2. The summed E-state index contributed by atoms with van der Waals surface area (Å²) in [6, 6.07) is 9.41. The van der Waals surface area contributed by atoms with Crippen molar-refractivity contribution in [2.24, 2.45) is 0 Å². The summed E-state index contributed by atoms with van der Waals surface area (Å²) in [6.07, 6.45) is -0.549. The van der Waals surface area contributed by atoms with Crippen molar-refractivity contribution in [3.05, 3.63) is 65.2 Å². The molecular formula is C16H16F2N2O2. The Labute approximate surface area is 126 Å². The fourth-order valence-electron chi connectivity index (χ4n) is 1.85. The first-order valence-corrected chi connectivity index (χ1v) is 6.72. The zero-order valence-corrected chi connectivity index (χ0v) is 11.9. The van der Waals surface area contributed by atoms with E-state index in [1.165, 1.54) is 0 Å². The van der Waals surface area contributed by atoms with Crippen LogP contribution in [0.4, 0.5) is 19.3 Å². The predicted octanol–water partition coefficient (Wildman–Crippen LogP) is 3.34. The second-order valence-corrected chi connectivity index (χ2v) is 4.85. The van der Waals surface area contributed by atoms with Crippen molar-refractivity contribution in [1.29, 1.82) is 0 Å². The molecule has 0 saturated heterocycles. The van der Waals surface area contributed by atoms with Crippen molar-refractivity contribution in [2.45, 2.75) is 19.6 Å². The van der Waals surface area contributed by atoms with E-state index < -0.39 is 23.8 Å². The third kappa shape index (κ3) is 4.26. The Morgan fingerprint density at radius 3 is 2.45 bits per heavy atom. The summed E-state index contributed by atoms with van der Waals surface area (Å²) in [5.74, 6) is -1.54. The molecule has 0 spiro atoms. The molecule has 0 radical (unpaired) electrons. The fraction of sp³-hybridized carbons (Fsp3) is 0.188. The van der Waals surface area contributed by atoms with Gasteiger partial charge in [0, 0.05) is 12.6 Å². The quantitative estimate of drug-likeness (QED) is 0.811. The van der Waals surface area contributed by atoms with E-state index in [1.807, 2.05) is 0 Å². The molecule has 0 aliphatic carbocycles. The van der Waals surface area contributed by atoms with Crippen LogP contribution in [0.25, 0.3) is 0 Å². The summed E-state index contributed by atoms with van der Waals surface area (Å²) in [7, 11) is 0. The number of amides is 2. The van der Waals surface area contributed by atoms with Gasteiger partial charge >= 0.3 is 6.03 Å². The molecule has 3 N–H and O–H groups in total. The van der Waals surface area contributed by atoms with Crippen molar-refractivity contribution in [3.63, 3.8) is 0 Å². The minimum absolute atomic E-state index is 0.0941. The number of nitrogens with one attached hydrogen (secondary N) is 2. The van der Waals surface area contributed by atoms with E-state index in [9.17, 15) is 18.7 Å². The SMILES string of the molecule is C[C@@H](O)c1ccc(CNC(=O)Nc2ccc(F)cc2F)cc1. The summed E-state index contributed by atoms with van der Waals surface area (Å²) < 4.78 is 26.1. The van der Waals surface area contributed by atoms with Crippen LogP contribution in [-0.2, 0) is 6.54 Å². The molecule has 2 aromatic rings. The molecule has 0 aromatic heterocycles. The Balaban J connectivity index is 1.89. The minimum Gasteiger partial charge on any atom is -0.389 e. The van der Waals surface area contributed by atoms with E-state index in [2.05, 4.69) is 10.6 Å². The van der Waals surface area contributed by atoms with E-state index in [-0.39, 0.29) is 12.2 Å². The number of halogens is 2. The lowest BCUT2D eigenvalue weighted by molar-refractivity contribution is 0.199. The largest absolute Gasteiger partial charge is 0.389 e. The molecular weight excluding hydrogens is 290 g/mol. The molecule has 6 heteroatoms. The summed E-state index contributed by atoms with van der Waals surface area (Å²) in [6.45, 7) is 1.91. The van der Waals surface area contributed by atoms with Crippen molar-refractivity contribution in [2.75, 3.05) is 5.32 Å². The maximum Gasteiger partial charge on any atom is 0.319 e. The van der Waals surface area contributed by atoms with Gasteiger partial charge in [-0.05, 0) is 30.2 Å². The molecule has 2 rings (SSSR count). The standard InChI is InChI=1S/C16H16F2N2O2/c1-10(21)12-4-2-11(3-5-12)9-19-16(22)20-15-7-6-13(17)8-14(15)18/h2-8,10,21H,9H2,1H3,(H2,19,20,22)/t10-/m1/s1. The Kier molecular flexibility index (Phi) is 5.06. The van der Waals surface area contributed by atoms with Gasteiger partial charge in [0.2, 0.25) is 0 Å². The van der Waals surface area contributed by atoms with Gasteiger partial charge in [-0.2, -0.15) is 0 Å². The smallest absolute Gasteiger partial charge is 0.319 e. The number of carbonyl (C=O) groups is 1. The molecule has 0 aliphatic rings. The third-order valence-corrected chi connectivity index (χ3v) is 3.09. The van der Waals surface area contributed by atoms with Crippen LogP contribution in [0.3, 0.4) is 0 Å². The first kappa shape index (κ1) is 15.9. The number of urea groups is 1. The van der Waals surface area contributed by atoms with Gasteiger partial charge in [-0.15, -0.1) is 0 Å². The Bertz CT molecular complexity index is 658. The highest BCUT2D eigenvalue weighted by atomic mass is 19.1. The zero-order valence-electron chi connectivity index (χ0n) is 11.9. The first-order valence-electron chi connectivity index (χ1n) is 6.72. The predicted molar refractivity (Wildman–Crippen MR) is 79.3 cm³/mol. The average molecular weight is 306 g/mol. The van der Waals surface area contributed by atoms with Crippen LogP contribution >= 0.6 is 0 Å². The summed E-state index contributed by atoms with van der Waals surface area (Å²) in [5, 5.41) is 14.3. The molecule has 1 atom stereocenters. The second kappa shape index (κ2) is 7.00. The number of aliphatic hydroxyl groups is 1. The van der Waals surface area contributed by atoms with Gasteiger partial charge in [-0.1, -0.05) is 24.3 Å². The van der Waals surface area contributed by atoms with Gasteiger partial charge in [0.05, 0.1) is 11.8 Å². The zero-order chi connectivity index (χ0) is 16.1. The number of benzene rings is 2. The Morgan fingerprint density at radius 2 is 1.86 bits per heavy atom. The van der Waals surface area contributed by atoms with Gasteiger partial charge in [0.15, 0.2) is 0 Å². The number of rotatable bonds is 4. The van der Waals surface area contributed by atoms with Crippen LogP contribution in [0.15, 0.2) is 42.5 Å². The molecule has 0 saturated carbocycles. The molecule has 2 aromatic carbocycles. The minimum atomic E-state index is -0.837. The van der Waals surface area contributed by atoms with Gasteiger partial charge < -0.3 is 15.7 Å². The van der Waals surface area contributed by atoms with Crippen LogP contribution in [0.2, 0.25) is 0 Å². The molecule has 0 fully saturated rings. The summed E-state index contributed by atoms with van der Waals surface area (Å²) >= 11 is 0. The average Bonchev–Trinajstić information content (AvgIpc) is 2.48. The van der Waals surface area contributed by atoms with E-state index in [0.717, 1.165) is 23.3 Å². The number of hydrogen-bond donors (Lipinski definition) is 3. The highest BCUT2D eigenvalue weighted by Gasteiger charge is 2.08. The third-order valence-electron chi connectivity index (χ3n) is 3.09.